The zero-order valence-electron chi connectivity index (χ0n) is 9.06. The number of nitrogens with two attached hydrogens (primary N) is 1. The highest BCUT2D eigenvalue weighted by molar-refractivity contribution is 8.02. The summed E-state index contributed by atoms with van der Waals surface area (Å²) in [5, 5.41) is 8.59. The fraction of sp³-hybridized carbons (Fsp3) is 0.700. The van der Waals surface area contributed by atoms with E-state index in [9.17, 15) is 14.4 Å². The Balaban J connectivity index is 2.88. The smallest absolute Gasteiger partial charge is 0.313 e. The van der Waals surface area contributed by atoms with Crippen molar-refractivity contribution in [2.24, 2.45) is 11.7 Å². The Morgan fingerprint density at radius 3 is 2.75 bits per heavy atom. The summed E-state index contributed by atoms with van der Waals surface area (Å²) >= 11 is 0.849. The summed E-state index contributed by atoms with van der Waals surface area (Å²) in [4.78, 5) is 32.6. The summed E-state index contributed by atoms with van der Waals surface area (Å²) in [5.74, 6) is -2.21. The summed E-state index contributed by atoms with van der Waals surface area (Å²) in [6.07, 6.45) is 1.10. The van der Waals surface area contributed by atoms with Crippen LogP contribution >= 0.6 is 11.8 Å². The third-order valence-corrected chi connectivity index (χ3v) is 4.27. The van der Waals surface area contributed by atoms with Gasteiger partial charge < -0.3 is 10.8 Å². The molecule has 0 bridgehead atoms. The standard InChI is InChI=1S/C10H15NO4S/c1-6-7(12)3-2-4-8(13)10(6,11)16-5-9(14)15/h6H,2-5,11H2,1H3,(H,14,15). The molecule has 0 spiro atoms. The summed E-state index contributed by atoms with van der Waals surface area (Å²) in [5.41, 5.74) is 5.91. The number of hydrogen-bond donors (Lipinski definition) is 2. The van der Waals surface area contributed by atoms with E-state index < -0.39 is 16.8 Å². The van der Waals surface area contributed by atoms with E-state index in [1.54, 1.807) is 6.92 Å². The van der Waals surface area contributed by atoms with Crippen LogP contribution in [0.5, 0.6) is 0 Å². The van der Waals surface area contributed by atoms with Gasteiger partial charge in [0.15, 0.2) is 5.78 Å². The van der Waals surface area contributed by atoms with Gasteiger partial charge in [0.05, 0.1) is 5.75 Å². The zero-order chi connectivity index (χ0) is 12.3. The number of carbonyl (C=O) groups excluding carboxylic acids is 2. The predicted octanol–water partition coefficient (Wildman–Crippen LogP) is 0.417. The van der Waals surface area contributed by atoms with Crippen molar-refractivity contribution in [3.05, 3.63) is 0 Å². The maximum Gasteiger partial charge on any atom is 0.313 e. The summed E-state index contributed by atoms with van der Waals surface area (Å²) in [6, 6.07) is 0. The van der Waals surface area contributed by atoms with Gasteiger partial charge in [-0.25, -0.2) is 0 Å². The third-order valence-electron chi connectivity index (χ3n) is 2.82. The molecule has 1 aliphatic carbocycles. The lowest BCUT2D eigenvalue weighted by molar-refractivity contribution is -0.134. The number of carboxylic acids is 1. The summed E-state index contributed by atoms with van der Waals surface area (Å²) < 4.78 is 0. The van der Waals surface area contributed by atoms with Gasteiger partial charge in [0, 0.05) is 18.8 Å². The van der Waals surface area contributed by atoms with Crippen LogP contribution in [0, 0.1) is 5.92 Å². The molecule has 0 saturated heterocycles. The van der Waals surface area contributed by atoms with Gasteiger partial charge in [0.1, 0.15) is 10.7 Å². The molecule has 5 nitrogen and oxygen atoms in total. The summed E-state index contributed by atoms with van der Waals surface area (Å²) in [7, 11) is 0. The highest BCUT2D eigenvalue weighted by Gasteiger charge is 2.44. The van der Waals surface area contributed by atoms with Gasteiger partial charge in [0.25, 0.3) is 0 Å². The molecule has 3 N–H and O–H groups in total. The van der Waals surface area contributed by atoms with Crippen molar-refractivity contribution in [3.63, 3.8) is 0 Å². The maximum absolute atomic E-state index is 11.8. The average Bonchev–Trinajstić information content (AvgIpc) is 2.31. The number of aliphatic carboxylic acids is 1. The number of carboxylic acid groups (broad SMARTS) is 1. The molecule has 0 amide bonds. The minimum Gasteiger partial charge on any atom is -0.481 e. The first kappa shape index (κ1) is 13.2. The van der Waals surface area contributed by atoms with E-state index in [0.717, 1.165) is 11.8 Å². The molecule has 0 aromatic carbocycles. The third kappa shape index (κ3) is 2.62. The zero-order valence-corrected chi connectivity index (χ0v) is 9.88. The lowest BCUT2D eigenvalue weighted by Gasteiger charge is -2.30. The van der Waals surface area contributed by atoms with E-state index in [1.807, 2.05) is 0 Å². The predicted molar refractivity (Wildman–Crippen MR) is 60.0 cm³/mol. The van der Waals surface area contributed by atoms with Crippen molar-refractivity contribution in [1.29, 1.82) is 0 Å². The maximum atomic E-state index is 11.8. The highest BCUT2D eigenvalue weighted by atomic mass is 32.2. The fourth-order valence-corrected chi connectivity index (χ4v) is 2.71. The molecule has 2 atom stereocenters. The topological polar surface area (TPSA) is 97.5 Å². The molecular formula is C10H15NO4S. The first-order valence-corrected chi connectivity index (χ1v) is 6.07. The molecule has 1 saturated carbocycles. The van der Waals surface area contributed by atoms with Gasteiger partial charge >= 0.3 is 5.97 Å². The van der Waals surface area contributed by atoms with Crippen molar-refractivity contribution >= 4 is 29.3 Å². The highest BCUT2D eigenvalue weighted by Crippen LogP contribution is 2.34. The van der Waals surface area contributed by atoms with Crippen molar-refractivity contribution in [1.82, 2.24) is 0 Å². The van der Waals surface area contributed by atoms with Gasteiger partial charge in [-0.3, -0.25) is 14.4 Å². The van der Waals surface area contributed by atoms with Crippen molar-refractivity contribution in [3.8, 4) is 0 Å². The molecule has 0 aromatic heterocycles. The Morgan fingerprint density at radius 1 is 1.56 bits per heavy atom. The van der Waals surface area contributed by atoms with Gasteiger partial charge in [-0.05, 0) is 6.42 Å². The van der Waals surface area contributed by atoms with E-state index in [-0.39, 0.29) is 23.7 Å². The van der Waals surface area contributed by atoms with E-state index in [2.05, 4.69) is 0 Å². The van der Waals surface area contributed by atoms with E-state index in [4.69, 9.17) is 10.8 Å². The molecule has 16 heavy (non-hydrogen) atoms. The largest absolute Gasteiger partial charge is 0.481 e. The lowest BCUT2D eigenvalue weighted by Crippen LogP contribution is -2.52. The Bertz CT molecular complexity index is 331. The molecule has 0 aliphatic heterocycles. The second-order valence-corrected chi connectivity index (χ2v) is 5.19. The van der Waals surface area contributed by atoms with Crippen LogP contribution in [-0.4, -0.2) is 33.3 Å². The molecule has 0 aromatic rings. The first-order valence-electron chi connectivity index (χ1n) is 5.08. The number of carbonyl (C=O) groups is 3. The van der Waals surface area contributed by atoms with Crippen LogP contribution in [0.2, 0.25) is 0 Å². The van der Waals surface area contributed by atoms with Gasteiger partial charge in [0.2, 0.25) is 0 Å². The number of ketones is 2. The number of hydrogen-bond acceptors (Lipinski definition) is 5. The quantitative estimate of drug-likeness (QED) is 0.552. The molecule has 2 unspecified atom stereocenters. The molecule has 0 radical (unpaired) electrons. The molecule has 0 heterocycles. The lowest BCUT2D eigenvalue weighted by atomic mass is 9.95. The Hall–Kier alpha value is -0.880. The SMILES string of the molecule is CC1C(=O)CCCC(=O)C1(N)SCC(=O)O. The van der Waals surface area contributed by atoms with Crippen LogP contribution in [-0.2, 0) is 14.4 Å². The van der Waals surface area contributed by atoms with Crippen molar-refractivity contribution in [2.45, 2.75) is 31.1 Å². The molecule has 1 aliphatic rings. The van der Waals surface area contributed by atoms with Crippen LogP contribution in [0.3, 0.4) is 0 Å². The monoisotopic (exact) mass is 245 g/mol. The second kappa shape index (κ2) is 4.97. The van der Waals surface area contributed by atoms with Gasteiger partial charge in [-0.2, -0.15) is 0 Å². The van der Waals surface area contributed by atoms with Crippen LogP contribution in [0.1, 0.15) is 26.2 Å². The van der Waals surface area contributed by atoms with Crippen LogP contribution in [0.4, 0.5) is 0 Å². The fourth-order valence-electron chi connectivity index (χ4n) is 1.70. The molecule has 90 valence electrons. The minimum absolute atomic E-state index is 0.0637. The Labute approximate surface area is 97.8 Å². The molecule has 1 rings (SSSR count). The second-order valence-electron chi connectivity index (χ2n) is 3.94. The molecular weight excluding hydrogens is 230 g/mol. The minimum atomic E-state index is -1.37. The van der Waals surface area contributed by atoms with Crippen LogP contribution in [0.25, 0.3) is 0 Å². The first-order chi connectivity index (χ1) is 7.38. The van der Waals surface area contributed by atoms with E-state index in [1.165, 1.54) is 0 Å². The number of thioether (sulfide) groups is 1. The summed E-state index contributed by atoms with van der Waals surface area (Å²) in [6.45, 7) is 1.60. The van der Waals surface area contributed by atoms with Gasteiger partial charge in [-0.15, -0.1) is 11.8 Å². The van der Waals surface area contributed by atoms with E-state index >= 15 is 0 Å². The average molecular weight is 245 g/mol. The Morgan fingerprint density at radius 2 is 2.19 bits per heavy atom. The number of rotatable bonds is 3. The van der Waals surface area contributed by atoms with Gasteiger partial charge in [-0.1, -0.05) is 6.92 Å². The van der Waals surface area contributed by atoms with Crippen LogP contribution in [0.15, 0.2) is 0 Å². The Kier molecular flexibility index (Phi) is 4.09. The van der Waals surface area contributed by atoms with Crippen molar-refractivity contribution < 1.29 is 19.5 Å². The number of Topliss-reactive ketones (excluding diaryl/α,β-unsaturated/α-hetero) is 2. The van der Waals surface area contributed by atoms with E-state index in [0.29, 0.717) is 12.8 Å². The van der Waals surface area contributed by atoms with Crippen LogP contribution < -0.4 is 5.73 Å². The molecule has 6 heteroatoms. The normalized spacial score (nSPS) is 31.2. The molecule has 1 fully saturated rings. The van der Waals surface area contributed by atoms with Crippen molar-refractivity contribution in [2.75, 3.05) is 5.75 Å².